The lowest BCUT2D eigenvalue weighted by atomic mass is 10.1. The minimum Gasteiger partial charge on any atom is -0.382 e. The van der Waals surface area contributed by atoms with Crippen LogP contribution in [0, 0.1) is 0 Å². The van der Waals surface area contributed by atoms with Gasteiger partial charge in [-0.2, -0.15) is 0 Å². The Morgan fingerprint density at radius 2 is 2.08 bits per heavy atom. The number of ether oxygens (including phenoxy) is 3. The molecular weight excluding hydrogens is 312 g/mol. The third-order valence-electron chi connectivity index (χ3n) is 4.14. The molecule has 0 amide bonds. The number of nitrogens with two attached hydrogens (primary N) is 2. The lowest BCUT2D eigenvalue weighted by Gasteiger charge is -2.22. The standard InChI is InChI=1S/C15H20N6O3/c1-15(2)23-9-7(4-3-5-16)22-11(10(9)24-15)14-20-12(17)8-13(21-14)19-6-18-8/h3-4,6-7,9-11H,5,16H2,1-2H3,(H3,17,18,19,20,21)/b4-3+/t7-,9-,10+,11+/m1/s1. The van der Waals surface area contributed by atoms with Gasteiger partial charge in [-0.1, -0.05) is 12.2 Å². The molecule has 4 rings (SSSR count). The van der Waals surface area contributed by atoms with Gasteiger partial charge in [-0.05, 0) is 13.8 Å². The van der Waals surface area contributed by atoms with E-state index in [-0.39, 0.29) is 18.3 Å². The van der Waals surface area contributed by atoms with Crippen molar-refractivity contribution in [2.24, 2.45) is 5.73 Å². The Bertz CT molecular complexity index is 789. The molecular formula is C15H20N6O3. The molecule has 0 saturated carbocycles. The van der Waals surface area contributed by atoms with E-state index in [2.05, 4.69) is 19.9 Å². The zero-order chi connectivity index (χ0) is 16.9. The summed E-state index contributed by atoms with van der Waals surface area (Å²) >= 11 is 0. The molecule has 2 saturated heterocycles. The van der Waals surface area contributed by atoms with Gasteiger partial charge in [0.15, 0.2) is 23.1 Å². The molecule has 9 nitrogen and oxygen atoms in total. The molecule has 0 aromatic carbocycles. The highest BCUT2D eigenvalue weighted by Gasteiger charge is 2.55. The van der Waals surface area contributed by atoms with Crippen LogP contribution >= 0.6 is 0 Å². The third-order valence-corrected chi connectivity index (χ3v) is 4.14. The fourth-order valence-electron chi connectivity index (χ4n) is 3.21. The Kier molecular flexibility index (Phi) is 3.53. The van der Waals surface area contributed by atoms with Crippen molar-refractivity contribution in [3.05, 3.63) is 24.3 Å². The van der Waals surface area contributed by atoms with Crippen LogP contribution < -0.4 is 11.5 Å². The van der Waals surface area contributed by atoms with Gasteiger partial charge in [-0.15, -0.1) is 0 Å². The van der Waals surface area contributed by atoms with Crippen molar-refractivity contribution in [1.29, 1.82) is 0 Å². The second kappa shape index (κ2) is 5.49. The van der Waals surface area contributed by atoms with Crippen LogP contribution in [0.1, 0.15) is 25.8 Å². The summed E-state index contributed by atoms with van der Waals surface area (Å²) < 4.78 is 18.1. The summed E-state index contributed by atoms with van der Waals surface area (Å²) in [4.78, 5) is 15.9. The SMILES string of the molecule is CC1(C)O[C@H]2[C@H](O1)[C@@H](/C=C/CN)O[C@@H]2c1nc(N)c2[nH]cnc2n1. The number of nitrogens with one attached hydrogen (secondary N) is 1. The van der Waals surface area contributed by atoms with Gasteiger partial charge in [0.25, 0.3) is 0 Å². The molecule has 4 atom stereocenters. The van der Waals surface area contributed by atoms with Crippen LogP contribution in [0.2, 0.25) is 0 Å². The Morgan fingerprint density at radius 3 is 2.88 bits per heavy atom. The van der Waals surface area contributed by atoms with Crippen LogP contribution in [0.3, 0.4) is 0 Å². The van der Waals surface area contributed by atoms with Gasteiger partial charge in [0.1, 0.15) is 29.9 Å². The molecule has 24 heavy (non-hydrogen) atoms. The van der Waals surface area contributed by atoms with E-state index in [9.17, 15) is 0 Å². The van der Waals surface area contributed by atoms with Gasteiger partial charge in [0.2, 0.25) is 0 Å². The maximum absolute atomic E-state index is 6.08. The van der Waals surface area contributed by atoms with Crippen molar-refractivity contribution in [2.75, 3.05) is 12.3 Å². The minimum absolute atomic E-state index is 0.257. The smallest absolute Gasteiger partial charge is 0.183 e. The molecule has 2 aromatic heterocycles. The first-order chi connectivity index (χ1) is 11.5. The monoisotopic (exact) mass is 332 g/mol. The second-order valence-electron chi connectivity index (χ2n) is 6.32. The summed E-state index contributed by atoms with van der Waals surface area (Å²) in [5, 5.41) is 0. The minimum atomic E-state index is -0.700. The van der Waals surface area contributed by atoms with Crippen LogP contribution in [0.25, 0.3) is 11.2 Å². The maximum Gasteiger partial charge on any atom is 0.183 e. The zero-order valence-electron chi connectivity index (χ0n) is 13.5. The summed E-state index contributed by atoms with van der Waals surface area (Å²) in [6.45, 7) is 4.17. The highest BCUT2D eigenvalue weighted by atomic mass is 16.8. The average Bonchev–Trinajstić information content (AvgIpc) is 3.18. The number of rotatable bonds is 3. The molecule has 0 aliphatic carbocycles. The number of fused-ring (bicyclic) bond motifs is 2. The first-order valence-electron chi connectivity index (χ1n) is 7.83. The van der Waals surface area contributed by atoms with Gasteiger partial charge >= 0.3 is 0 Å². The molecule has 2 aromatic rings. The molecule has 5 N–H and O–H groups in total. The van der Waals surface area contributed by atoms with E-state index in [0.29, 0.717) is 29.4 Å². The Labute approximate surface area is 138 Å². The van der Waals surface area contributed by atoms with Crippen molar-refractivity contribution in [3.8, 4) is 0 Å². The molecule has 0 unspecified atom stereocenters. The number of anilines is 1. The number of imidazole rings is 1. The number of hydrogen-bond donors (Lipinski definition) is 3. The molecule has 0 spiro atoms. The predicted octanol–water partition coefficient (Wildman–Crippen LogP) is 0.410. The zero-order valence-corrected chi connectivity index (χ0v) is 13.5. The molecule has 0 radical (unpaired) electrons. The van der Waals surface area contributed by atoms with E-state index in [1.165, 1.54) is 6.33 Å². The van der Waals surface area contributed by atoms with Crippen LogP contribution in [0.4, 0.5) is 5.82 Å². The van der Waals surface area contributed by atoms with Crippen molar-refractivity contribution >= 4 is 17.0 Å². The van der Waals surface area contributed by atoms with Crippen molar-refractivity contribution in [2.45, 2.75) is 44.1 Å². The van der Waals surface area contributed by atoms with Gasteiger partial charge in [-0.3, -0.25) is 0 Å². The van der Waals surface area contributed by atoms with E-state index in [1.807, 2.05) is 26.0 Å². The maximum atomic E-state index is 6.08. The summed E-state index contributed by atoms with van der Waals surface area (Å²) in [7, 11) is 0. The average molecular weight is 332 g/mol. The summed E-state index contributed by atoms with van der Waals surface area (Å²) in [6, 6.07) is 0. The molecule has 2 aliphatic heterocycles. The number of nitrogens with zero attached hydrogens (tertiary/aromatic N) is 3. The molecule has 9 heteroatoms. The quantitative estimate of drug-likeness (QED) is 0.688. The van der Waals surface area contributed by atoms with Crippen LogP contribution in [0.15, 0.2) is 18.5 Å². The molecule has 128 valence electrons. The molecule has 0 bridgehead atoms. The number of aromatic nitrogens is 4. The summed E-state index contributed by atoms with van der Waals surface area (Å²) in [6.07, 6.45) is 3.89. The van der Waals surface area contributed by atoms with E-state index < -0.39 is 11.9 Å². The Morgan fingerprint density at radius 1 is 1.29 bits per heavy atom. The van der Waals surface area contributed by atoms with Gasteiger partial charge in [0.05, 0.1) is 6.33 Å². The van der Waals surface area contributed by atoms with E-state index in [4.69, 9.17) is 25.7 Å². The Hall–Kier alpha value is -2.07. The van der Waals surface area contributed by atoms with Crippen molar-refractivity contribution < 1.29 is 14.2 Å². The van der Waals surface area contributed by atoms with Crippen LogP contribution in [-0.4, -0.2) is 50.6 Å². The number of hydrogen-bond acceptors (Lipinski definition) is 8. The summed E-state index contributed by atoms with van der Waals surface area (Å²) in [5.41, 5.74) is 12.6. The number of aromatic amines is 1. The van der Waals surface area contributed by atoms with Crippen molar-refractivity contribution in [1.82, 2.24) is 19.9 Å². The molecule has 2 aliphatic rings. The predicted molar refractivity (Wildman–Crippen MR) is 85.7 cm³/mol. The number of H-pyrrole nitrogens is 1. The van der Waals surface area contributed by atoms with E-state index in [0.717, 1.165) is 0 Å². The fourth-order valence-corrected chi connectivity index (χ4v) is 3.21. The lowest BCUT2D eigenvalue weighted by Crippen LogP contribution is -2.28. The fraction of sp³-hybridized carbons (Fsp3) is 0.533. The third kappa shape index (κ3) is 2.46. The lowest BCUT2D eigenvalue weighted by molar-refractivity contribution is -0.183. The topological polar surface area (TPSA) is 134 Å². The van der Waals surface area contributed by atoms with Gasteiger partial charge in [0, 0.05) is 6.54 Å². The van der Waals surface area contributed by atoms with Crippen molar-refractivity contribution in [3.63, 3.8) is 0 Å². The highest BCUT2D eigenvalue weighted by molar-refractivity contribution is 5.80. The van der Waals surface area contributed by atoms with Crippen LogP contribution in [0.5, 0.6) is 0 Å². The van der Waals surface area contributed by atoms with Gasteiger partial charge in [-0.25, -0.2) is 15.0 Å². The van der Waals surface area contributed by atoms with Crippen LogP contribution in [-0.2, 0) is 14.2 Å². The van der Waals surface area contributed by atoms with E-state index >= 15 is 0 Å². The Balaban J connectivity index is 1.72. The normalized spacial score (nSPS) is 32.0. The highest BCUT2D eigenvalue weighted by Crippen LogP contribution is 2.45. The second-order valence-corrected chi connectivity index (χ2v) is 6.32. The van der Waals surface area contributed by atoms with E-state index in [1.54, 1.807) is 0 Å². The first kappa shape index (κ1) is 15.5. The summed E-state index contributed by atoms with van der Waals surface area (Å²) in [5.74, 6) is 0.0626. The molecule has 2 fully saturated rings. The number of nitrogen functional groups attached to an aromatic ring is 1. The van der Waals surface area contributed by atoms with Gasteiger partial charge < -0.3 is 30.7 Å². The molecule has 4 heterocycles. The largest absolute Gasteiger partial charge is 0.382 e. The first-order valence-corrected chi connectivity index (χ1v) is 7.83.